The summed E-state index contributed by atoms with van der Waals surface area (Å²) in [6.07, 6.45) is 4.55. The van der Waals surface area contributed by atoms with Crippen molar-refractivity contribution in [2.45, 2.75) is 17.7 Å². The number of hydrogen-bond acceptors (Lipinski definition) is 6. The topological polar surface area (TPSA) is 84.8 Å². The van der Waals surface area contributed by atoms with Gasteiger partial charge in [-0.1, -0.05) is 6.07 Å². The van der Waals surface area contributed by atoms with Crippen LogP contribution in [-0.2, 0) is 22.7 Å². The number of nitrogens with one attached hydrogen (secondary N) is 1. The van der Waals surface area contributed by atoms with Crippen molar-refractivity contribution in [1.29, 1.82) is 0 Å². The van der Waals surface area contributed by atoms with Crippen molar-refractivity contribution in [3.63, 3.8) is 0 Å². The van der Waals surface area contributed by atoms with Gasteiger partial charge in [-0.05, 0) is 36.2 Å². The van der Waals surface area contributed by atoms with Crippen LogP contribution in [0.5, 0.6) is 0 Å². The first-order valence-corrected chi connectivity index (χ1v) is 9.43. The first-order valence-electron chi connectivity index (χ1n) is 7.78. The van der Waals surface area contributed by atoms with Gasteiger partial charge in [-0.2, -0.15) is 0 Å². The van der Waals surface area contributed by atoms with E-state index in [1.807, 2.05) is 18.2 Å². The first-order chi connectivity index (χ1) is 11.6. The van der Waals surface area contributed by atoms with Crippen LogP contribution in [0, 0.1) is 0 Å². The molecule has 4 rings (SSSR count). The van der Waals surface area contributed by atoms with E-state index in [2.05, 4.69) is 20.3 Å². The van der Waals surface area contributed by atoms with Crippen molar-refractivity contribution >= 4 is 26.6 Å². The molecule has 1 N–H and O–H groups in total. The fourth-order valence-electron chi connectivity index (χ4n) is 3.08. The fraction of sp³-hybridized carbons (Fsp3) is 0.235. The molecule has 1 aromatic carbocycles. The molecule has 0 spiro atoms. The number of anilines is 1. The van der Waals surface area contributed by atoms with Crippen LogP contribution in [0.15, 0.2) is 47.8 Å². The highest BCUT2D eigenvalue weighted by atomic mass is 32.2. The Labute approximate surface area is 139 Å². The maximum atomic E-state index is 12.1. The summed E-state index contributed by atoms with van der Waals surface area (Å²) < 4.78 is 24.3. The molecule has 3 aromatic rings. The van der Waals surface area contributed by atoms with E-state index in [0.717, 1.165) is 28.6 Å². The lowest BCUT2D eigenvalue weighted by Crippen LogP contribution is -2.08. The smallest absolute Gasteiger partial charge is 0.179 e. The molecule has 1 aliphatic heterocycles. The molecule has 6 nitrogen and oxygen atoms in total. The van der Waals surface area contributed by atoms with Gasteiger partial charge in [-0.15, -0.1) is 0 Å². The summed E-state index contributed by atoms with van der Waals surface area (Å²) in [5.74, 6) is 0.842. The van der Waals surface area contributed by atoms with E-state index in [1.54, 1.807) is 18.3 Å². The summed E-state index contributed by atoms with van der Waals surface area (Å²) in [6.45, 7) is 0.666. The number of hydrogen-bond donors (Lipinski definition) is 1. The molecule has 2 aromatic heterocycles. The van der Waals surface area contributed by atoms with E-state index < -0.39 is 9.84 Å². The Morgan fingerprint density at radius 2 is 2.00 bits per heavy atom. The lowest BCUT2D eigenvalue weighted by Gasteiger charge is -2.11. The minimum absolute atomic E-state index is 0.156. The van der Waals surface area contributed by atoms with Gasteiger partial charge in [0.1, 0.15) is 12.1 Å². The van der Waals surface area contributed by atoms with Crippen molar-refractivity contribution in [2.75, 3.05) is 17.6 Å². The third-order valence-corrected chi connectivity index (χ3v) is 6.02. The molecule has 0 bridgehead atoms. The minimum atomic E-state index is -3.17. The van der Waals surface area contributed by atoms with Gasteiger partial charge in [0, 0.05) is 30.2 Å². The Morgan fingerprint density at radius 1 is 1.08 bits per heavy atom. The van der Waals surface area contributed by atoms with Gasteiger partial charge >= 0.3 is 0 Å². The SMILES string of the molecule is O=S1(=O)CCc2c1ccc1ncnc(NCCc3ccccn3)c21. The van der Waals surface area contributed by atoms with Crippen molar-refractivity contribution in [2.24, 2.45) is 0 Å². The van der Waals surface area contributed by atoms with E-state index in [4.69, 9.17) is 0 Å². The van der Waals surface area contributed by atoms with Crippen molar-refractivity contribution < 1.29 is 8.42 Å². The van der Waals surface area contributed by atoms with E-state index in [1.165, 1.54) is 6.33 Å². The highest BCUT2D eigenvalue weighted by Crippen LogP contribution is 2.34. The Balaban J connectivity index is 1.67. The number of pyridine rings is 1. The quantitative estimate of drug-likeness (QED) is 0.782. The second-order valence-corrected chi connectivity index (χ2v) is 7.80. The Kier molecular flexibility index (Phi) is 3.65. The molecule has 122 valence electrons. The zero-order valence-corrected chi connectivity index (χ0v) is 13.8. The number of sulfone groups is 1. The Bertz CT molecular complexity index is 1000. The molecule has 24 heavy (non-hydrogen) atoms. The van der Waals surface area contributed by atoms with Crippen molar-refractivity contribution in [1.82, 2.24) is 15.0 Å². The molecule has 0 radical (unpaired) electrons. The average Bonchev–Trinajstić information content (AvgIpc) is 2.91. The van der Waals surface area contributed by atoms with Crippen LogP contribution in [0.4, 0.5) is 5.82 Å². The molecule has 0 aliphatic carbocycles. The predicted octanol–water partition coefficient (Wildman–Crippen LogP) is 2.01. The molecule has 7 heteroatoms. The normalized spacial score (nSPS) is 15.3. The first kappa shape index (κ1) is 15.0. The summed E-state index contributed by atoms with van der Waals surface area (Å²) in [5, 5.41) is 4.12. The number of fused-ring (bicyclic) bond motifs is 3. The highest BCUT2D eigenvalue weighted by molar-refractivity contribution is 7.91. The van der Waals surface area contributed by atoms with Crippen LogP contribution in [-0.4, -0.2) is 35.7 Å². The Hall–Kier alpha value is -2.54. The molecular formula is C17H16N4O2S. The van der Waals surface area contributed by atoms with Crippen molar-refractivity contribution in [3.8, 4) is 0 Å². The monoisotopic (exact) mass is 340 g/mol. The fourth-order valence-corrected chi connectivity index (χ4v) is 4.62. The summed E-state index contributed by atoms with van der Waals surface area (Å²) in [7, 11) is -3.17. The van der Waals surface area contributed by atoms with Gasteiger partial charge in [0.25, 0.3) is 0 Å². The standard InChI is InChI=1S/C17H16N4O2S/c22-24(23)10-7-13-15(24)5-4-14-16(13)17(21-11-20-14)19-9-6-12-3-1-2-8-18-12/h1-5,8,11H,6-7,9-10H2,(H,19,20,21). The van der Waals surface area contributed by atoms with Gasteiger partial charge in [-0.25, -0.2) is 18.4 Å². The number of benzene rings is 1. The van der Waals surface area contributed by atoms with Gasteiger partial charge in [0.15, 0.2) is 9.84 Å². The van der Waals surface area contributed by atoms with E-state index in [-0.39, 0.29) is 5.75 Å². The second-order valence-electron chi connectivity index (χ2n) is 5.73. The molecule has 3 heterocycles. The van der Waals surface area contributed by atoms with Crippen molar-refractivity contribution in [3.05, 3.63) is 54.1 Å². The number of aromatic nitrogens is 3. The molecule has 0 fully saturated rings. The van der Waals surface area contributed by atoms with E-state index in [0.29, 0.717) is 23.7 Å². The lowest BCUT2D eigenvalue weighted by atomic mass is 10.1. The lowest BCUT2D eigenvalue weighted by molar-refractivity contribution is 0.600. The van der Waals surface area contributed by atoms with Crippen LogP contribution in [0.2, 0.25) is 0 Å². The summed E-state index contributed by atoms with van der Waals surface area (Å²) >= 11 is 0. The number of rotatable bonds is 4. The second kappa shape index (κ2) is 5.83. The molecule has 0 unspecified atom stereocenters. The van der Waals surface area contributed by atoms with E-state index >= 15 is 0 Å². The molecule has 0 saturated carbocycles. The van der Waals surface area contributed by atoms with Gasteiger partial charge in [0.05, 0.1) is 16.2 Å². The number of aryl methyl sites for hydroxylation is 1. The molecule has 0 amide bonds. The van der Waals surface area contributed by atoms with Crippen LogP contribution in [0.3, 0.4) is 0 Å². The minimum Gasteiger partial charge on any atom is -0.369 e. The van der Waals surface area contributed by atoms with Gasteiger partial charge in [0.2, 0.25) is 0 Å². The summed E-state index contributed by atoms with van der Waals surface area (Å²) in [5.41, 5.74) is 2.59. The van der Waals surface area contributed by atoms with Gasteiger partial charge in [-0.3, -0.25) is 4.98 Å². The van der Waals surface area contributed by atoms with Crippen LogP contribution in [0.25, 0.3) is 10.9 Å². The average molecular weight is 340 g/mol. The predicted molar refractivity (Wildman–Crippen MR) is 91.7 cm³/mol. The number of nitrogens with zero attached hydrogens (tertiary/aromatic N) is 3. The Morgan fingerprint density at radius 3 is 2.83 bits per heavy atom. The van der Waals surface area contributed by atoms with Crippen LogP contribution in [0.1, 0.15) is 11.3 Å². The van der Waals surface area contributed by atoms with Crippen LogP contribution < -0.4 is 5.32 Å². The summed E-state index contributed by atoms with van der Waals surface area (Å²) in [4.78, 5) is 13.3. The maximum absolute atomic E-state index is 12.1. The molecule has 1 aliphatic rings. The zero-order chi connectivity index (χ0) is 16.6. The summed E-state index contributed by atoms with van der Waals surface area (Å²) in [6, 6.07) is 9.23. The molecular weight excluding hydrogens is 324 g/mol. The van der Waals surface area contributed by atoms with E-state index in [9.17, 15) is 8.42 Å². The highest BCUT2D eigenvalue weighted by Gasteiger charge is 2.29. The van der Waals surface area contributed by atoms with Crippen LogP contribution >= 0.6 is 0 Å². The zero-order valence-electron chi connectivity index (χ0n) is 12.9. The third kappa shape index (κ3) is 2.60. The maximum Gasteiger partial charge on any atom is 0.179 e. The largest absolute Gasteiger partial charge is 0.369 e. The third-order valence-electron chi connectivity index (χ3n) is 4.22. The molecule has 0 saturated heterocycles. The van der Waals surface area contributed by atoms with Gasteiger partial charge < -0.3 is 5.32 Å². The molecule has 0 atom stereocenters.